The van der Waals surface area contributed by atoms with Gasteiger partial charge in [0.1, 0.15) is 11.7 Å². The lowest BCUT2D eigenvalue weighted by Gasteiger charge is -2.27. The zero-order valence-electron chi connectivity index (χ0n) is 15.7. The number of nitrogens with one attached hydrogen (secondary N) is 1. The van der Waals surface area contributed by atoms with Crippen LogP contribution in [0, 0.1) is 0 Å². The van der Waals surface area contributed by atoms with Crippen LogP contribution in [0.1, 0.15) is 21.5 Å². The number of anilines is 3. The molecular weight excluding hydrogens is 402 g/mol. The molecule has 0 radical (unpaired) electrons. The minimum atomic E-state index is -0.986. The van der Waals surface area contributed by atoms with Gasteiger partial charge in [-0.1, -0.05) is 35.9 Å². The van der Waals surface area contributed by atoms with E-state index >= 15 is 0 Å². The van der Waals surface area contributed by atoms with E-state index in [1.54, 1.807) is 24.4 Å². The smallest absolute Gasteiger partial charge is 0.335 e. The number of rotatable bonds is 4. The minimum Gasteiger partial charge on any atom is -0.478 e. The fourth-order valence-electron chi connectivity index (χ4n) is 3.60. The molecule has 0 bridgehead atoms. The summed E-state index contributed by atoms with van der Waals surface area (Å²) < 4.78 is 0. The van der Waals surface area contributed by atoms with E-state index in [4.69, 9.17) is 11.6 Å². The number of aromatic carboxylic acids is 1. The Labute approximate surface area is 177 Å². The number of benzene rings is 2. The Kier molecular flexibility index (Phi) is 4.44. The van der Waals surface area contributed by atoms with E-state index in [1.165, 1.54) is 6.07 Å². The molecule has 8 heteroatoms. The largest absolute Gasteiger partial charge is 0.478 e. The monoisotopic (exact) mass is 417 g/mol. The maximum Gasteiger partial charge on any atom is 0.335 e. The van der Waals surface area contributed by atoms with Crippen molar-refractivity contribution in [1.29, 1.82) is 0 Å². The second kappa shape index (κ2) is 7.27. The van der Waals surface area contributed by atoms with Crippen LogP contribution in [-0.2, 0) is 0 Å². The van der Waals surface area contributed by atoms with E-state index in [9.17, 15) is 9.90 Å². The predicted molar refractivity (Wildman–Crippen MR) is 118 cm³/mol. The molecule has 0 atom stereocenters. The first-order valence-corrected chi connectivity index (χ1v) is 9.74. The van der Waals surface area contributed by atoms with Crippen molar-refractivity contribution in [3.05, 3.63) is 76.4 Å². The van der Waals surface area contributed by atoms with Gasteiger partial charge < -0.3 is 15.3 Å². The maximum atomic E-state index is 11.2. The molecule has 0 aliphatic carbocycles. The molecule has 30 heavy (non-hydrogen) atoms. The van der Waals surface area contributed by atoms with Crippen LogP contribution >= 0.6 is 11.6 Å². The molecule has 2 N–H and O–H groups in total. The second-order valence-electron chi connectivity index (χ2n) is 6.88. The molecule has 0 amide bonds. The number of halogens is 1. The van der Waals surface area contributed by atoms with E-state index in [0.29, 0.717) is 23.2 Å². The number of hydrogen-bond donors (Lipinski definition) is 2. The number of carboxylic acids is 1. The van der Waals surface area contributed by atoms with Gasteiger partial charge in [-0.3, -0.25) is 4.99 Å². The van der Waals surface area contributed by atoms with Gasteiger partial charge >= 0.3 is 5.97 Å². The summed E-state index contributed by atoms with van der Waals surface area (Å²) in [4.78, 5) is 27.0. The zero-order chi connectivity index (χ0) is 20.7. The first-order chi connectivity index (χ1) is 14.6. The highest BCUT2D eigenvalue weighted by molar-refractivity contribution is 6.40. The molecule has 1 aromatic heterocycles. The third kappa shape index (κ3) is 3.19. The number of fused-ring (bicyclic) bond motifs is 3. The van der Waals surface area contributed by atoms with Gasteiger partial charge in [0.15, 0.2) is 0 Å². The number of aromatic nitrogens is 2. The van der Waals surface area contributed by atoms with Gasteiger partial charge in [-0.2, -0.15) is 4.98 Å². The number of carboxylic acid groups (broad SMARTS) is 1. The third-order valence-electron chi connectivity index (χ3n) is 4.96. The van der Waals surface area contributed by atoms with Crippen LogP contribution in [-0.4, -0.2) is 40.0 Å². The van der Waals surface area contributed by atoms with Crippen molar-refractivity contribution in [3.8, 4) is 0 Å². The summed E-state index contributed by atoms with van der Waals surface area (Å²) in [5.41, 5.74) is 3.54. The fourth-order valence-corrected chi connectivity index (χ4v) is 3.84. The van der Waals surface area contributed by atoms with E-state index in [-0.39, 0.29) is 5.56 Å². The van der Waals surface area contributed by atoms with Gasteiger partial charge in [-0.25, -0.2) is 9.78 Å². The quantitative estimate of drug-likeness (QED) is 0.656. The molecule has 0 unspecified atom stereocenters. The van der Waals surface area contributed by atoms with Crippen LogP contribution in [0.5, 0.6) is 0 Å². The van der Waals surface area contributed by atoms with Crippen molar-refractivity contribution in [2.45, 2.75) is 0 Å². The third-order valence-corrected chi connectivity index (χ3v) is 5.29. The lowest BCUT2D eigenvalue weighted by Crippen LogP contribution is -2.32. The van der Waals surface area contributed by atoms with Gasteiger partial charge in [0.05, 0.1) is 12.1 Å². The van der Waals surface area contributed by atoms with Gasteiger partial charge in [0, 0.05) is 40.2 Å². The Hall–Kier alpha value is -3.71. The van der Waals surface area contributed by atoms with Crippen LogP contribution < -0.4 is 10.2 Å². The summed E-state index contributed by atoms with van der Waals surface area (Å²) in [5.74, 6) is 0.999. The number of amidine groups is 1. The topological polar surface area (TPSA) is 90.7 Å². The number of hydrogen-bond acceptors (Lipinski definition) is 6. The Balaban J connectivity index is 1.53. The molecule has 3 heterocycles. The molecule has 3 aromatic rings. The SMILES string of the molecule is O=C(O)c1cccc(Nc2ncc3c(n2)N2CCN=C2C(c2ccccc2Cl)=C3)c1. The normalized spacial score (nSPS) is 14.5. The number of aliphatic imine (C=N–C) groups is 1. The molecule has 2 aliphatic rings. The zero-order valence-corrected chi connectivity index (χ0v) is 16.5. The van der Waals surface area contributed by atoms with Crippen LogP contribution in [0.4, 0.5) is 17.5 Å². The highest BCUT2D eigenvalue weighted by Gasteiger charge is 2.31. The molecule has 2 aromatic carbocycles. The van der Waals surface area contributed by atoms with Crippen molar-refractivity contribution >= 4 is 52.5 Å². The van der Waals surface area contributed by atoms with Crippen LogP contribution in [0.15, 0.2) is 59.7 Å². The Morgan fingerprint density at radius 1 is 1.17 bits per heavy atom. The molecule has 148 valence electrons. The summed E-state index contributed by atoms with van der Waals surface area (Å²) in [6, 6.07) is 14.2. The van der Waals surface area contributed by atoms with Gasteiger partial charge in [-0.05, 0) is 30.3 Å². The van der Waals surface area contributed by atoms with Crippen molar-refractivity contribution in [3.63, 3.8) is 0 Å². The predicted octanol–water partition coefficient (Wildman–Crippen LogP) is 4.34. The van der Waals surface area contributed by atoms with Gasteiger partial charge in [-0.15, -0.1) is 0 Å². The standard InChI is InChI=1S/C22H16ClN5O2/c23-18-7-2-1-6-16(18)17-11-14-12-25-22(27-19(14)28-9-8-24-20(17)28)26-15-5-3-4-13(10-15)21(29)30/h1-7,10-12H,8-9H2,(H,29,30)(H,25,26,27). The Morgan fingerprint density at radius 3 is 2.87 bits per heavy atom. The summed E-state index contributed by atoms with van der Waals surface area (Å²) >= 11 is 6.43. The van der Waals surface area contributed by atoms with Crippen molar-refractivity contribution in [1.82, 2.24) is 9.97 Å². The van der Waals surface area contributed by atoms with Crippen LogP contribution in [0.2, 0.25) is 5.02 Å². The van der Waals surface area contributed by atoms with E-state index in [1.807, 2.05) is 30.3 Å². The molecule has 0 saturated heterocycles. The van der Waals surface area contributed by atoms with Crippen molar-refractivity contribution in [2.75, 3.05) is 23.3 Å². The highest BCUT2D eigenvalue weighted by atomic mass is 35.5. The van der Waals surface area contributed by atoms with Crippen molar-refractivity contribution in [2.24, 2.45) is 4.99 Å². The molecule has 2 aliphatic heterocycles. The minimum absolute atomic E-state index is 0.194. The van der Waals surface area contributed by atoms with E-state index < -0.39 is 5.97 Å². The second-order valence-corrected chi connectivity index (χ2v) is 7.29. The number of carbonyl (C=O) groups is 1. The maximum absolute atomic E-state index is 11.2. The molecule has 5 rings (SSSR count). The number of nitrogens with zero attached hydrogens (tertiary/aromatic N) is 4. The Bertz CT molecular complexity index is 1240. The highest BCUT2D eigenvalue weighted by Crippen LogP contribution is 2.37. The first-order valence-electron chi connectivity index (χ1n) is 9.36. The molecule has 7 nitrogen and oxygen atoms in total. The first kappa shape index (κ1) is 18.3. The molecule has 0 saturated carbocycles. The van der Waals surface area contributed by atoms with E-state index in [2.05, 4.69) is 25.2 Å². The summed E-state index contributed by atoms with van der Waals surface area (Å²) in [7, 11) is 0. The molecule has 0 spiro atoms. The fraction of sp³-hybridized carbons (Fsp3) is 0.0909. The van der Waals surface area contributed by atoms with E-state index in [0.717, 1.165) is 34.9 Å². The average Bonchev–Trinajstić information content (AvgIpc) is 3.24. The van der Waals surface area contributed by atoms with Gasteiger partial charge in [0.2, 0.25) is 5.95 Å². The summed E-state index contributed by atoms with van der Waals surface area (Å²) in [5, 5.41) is 12.9. The lowest BCUT2D eigenvalue weighted by molar-refractivity contribution is 0.0697. The van der Waals surface area contributed by atoms with Crippen LogP contribution in [0.3, 0.4) is 0 Å². The summed E-state index contributed by atoms with van der Waals surface area (Å²) in [6.45, 7) is 1.39. The van der Waals surface area contributed by atoms with Crippen molar-refractivity contribution < 1.29 is 9.90 Å². The van der Waals surface area contributed by atoms with Crippen LogP contribution in [0.25, 0.3) is 11.6 Å². The molecule has 0 fully saturated rings. The average molecular weight is 418 g/mol. The lowest BCUT2D eigenvalue weighted by atomic mass is 9.98. The molecular formula is C22H16ClN5O2. The summed E-state index contributed by atoms with van der Waals surface area (Å²) in [6.07, 6.45) is 3.75. The Morgan fingerprint density at radius 2 is 2.03 bits per heavy atom. The van der Waals surface area contributed by atoms with Gasteiger partial charge in [0.25, 0.3) is 0 Å².